The Morgan fingerprint density at radius 2 is 2.15 bits per heavy atom. The molecule has 2 aromatic rings. The molecule has 1 atom stereocenters. The Balaban J connectivity index is 1.50. The molecule has 0 radical (unpaired) electrons. The highest BCUT2D eigenvalue weighted by Crippen LogP contribution is 2.31. The molecule has 0 bridgehead atoms. The lowest BCUT2D eigenvalue weighted by molar-refractivity contribution is 0.0620. The van der Waals surface area contributed by atoms with Crippen LogP contribution in [0.1, 0.15) is 57.9 Å². The van der Waals surface area contributed by atoms with Crippen molar-refractivity contribution in [3.8, 4) is 0 Å². The third-order valence-corrected chi connectivity index (χ3v) is 4.95. The van der Waals surface area contributed by atoms with Gasteiger partial charge in [0.1, 0.15) is 11.4 Å². The maximum Gasteiger partial charge on any atom is 0.272 e. The predicted octanol–water partition coefficient (Wildman–Crippen LogP) is 1.51. The smallest absolute Gasteiger partial charge is 0.272 e. The maximum atomic E-state index is 12.9. The lowest BCUT2D eigenvalue weighted by Gasteiger charge is -2.31. The highest BCUT2D eigenvalue weighted by molar-refractivity contribution is 5.97. The average molecular weight is 357 g/mol. The minimum absolute atomic E-state index is 0.0536. The van der Waals surface area contributed by atoms with E-state index in [-0.39, 0.29) is 23.3 Å². The van der Waals surface area contributed by atoms with Gasteiger partial charge < -0.3 is 9.64 Å². The summed E-state index contributed by atoms with van der Waals surface area (Å²) in [6.45, 7) is 3.82. The largest absolute Gasteiger partial charge is 0.380 e. The van der Waals surface area contributed by atoms with Crippen molar-refractivity contribution < 1.29 is 14.3 Å². The van der Waals surface area contributed by atoms with Gasteiger partial charge in [-0.05, 0) is 24.8 Å². The number of carbonyl (C=O) groups excluding carboxylic acids is 2. The number of ether oxygens (including phenoxy) is 1. The molecule has 1 saturated carbocycles. The molecule has 0 saturated heterocycles. The van der Waals surface area contributed by atoms with Crippen molar-refractivity contribution in [1.82, 2.24) is 24.9 Å². The molecule has 1 aliphatic heterocycles. The van der Waals surface area contributed by atoms with Crippen LogP contribution in [-0.2, 0) is 18.3 Å². The molecule has 3 heterocycles. The number of aryl methyl sites for hydroxylation is 1. The number of hydrogen-bond acceptors (Lipinski definition) is 5. The molecule has 1 fully saturated rings. The number of aromatic amines is 1. The summed E-state index contributed by atoms with van der Waals surface area (Å²) in [5.41, 5.74) is 2.66. The lowest BCUT2D eigenvalue weighted by Crippen LogP contribution is -2.39. The summed E-state index contributed by atoms with van der Waals surface area (Å²) >= 11 is 0. The molecule has 8 heteroatoms. The number of rotatable bonds is 6. The fraction of sp³-hybridized carbons (Fsp3) is 0.556. The Kier molecular flexibility index (Phi) is 4.36. The third-order valence-electron chi connectivity index (χ3n) is 4.95. The summed E-state index contributed by atoms with van der Waals surface area (Å²) in [5, 5.41) is 11.2. The van der Waals surface area contributed by atoms with Crippen LogP contribution in [0.25, 0.3) is 0 Å². The van der Waals surface area contributed by atoms with Crippen molar-refractivity contribution in [3.05, 3.63) is 34.9 Å². The monoisotopic (exact) mass is 357 g/mol. The second kappa shape index (κ2) is 6.68. The second-order valence-corrected chi connectivity index (χ2v) is 7.30. The van der Waals surface area contributed by atoms with Gasteiger partial charge in [0, 0.05) is 51.3 Å². The summed E-state index contributed by atoms with van der Waals surface area (Å²) in [4.78, 5) is 26.1. The van der Waals surface area contributed by atoms with Crippen molar-refractivity contribution in [2.24, 2.45) is 13.0 Å². The number of H-pyrrole nitrogens is 1. The Hall–Kier alpha value is -2.48. The van der Waals surface area contributed by atoms with Crippen LogP contribution in [0.3, 0.4) is 0 Å². The molecule has 2 aromatic heterocycles. The van der Waals surface area contributed by atoms with E-state index in [2.05, 4.69) is 15.3 Å². The van der Waals surface area contributed by atoms with Crippen LogP contribution >= 0.6 is 0 Å². The topological polar surface area (TPSA) is 93.1 Å². The zero-order valence-corrected chi connectivity index (χ0v) is 15.1. The zero-order chi connectivity index (χ0) is 18.3. The van der Waals surface area contributed by atoms with Gasteiger partial charge >= 0.3 is 0 Å². The molecule has 8 nitrogen and oxygen atoms in total. The van der Waals surface area contributed by atoms with E-state index in [1.807, 2.05) is 13.2 Å². The number of ketones is 1. The highest BCUT2D eigenvalue weighted by Gasteiger charge is 2.32. The fourth-order valence-electron chi connectivity index (χ4n) is 3.37. The van der Waals surface area contributed by atoms with Crippen LogP contribution in [0, 0.1) is 5.92 Å². The Morgan fingerprint density at radius 3 is 2.85 bits per heavy atom. The first-order valence-corrected chi connectivity index (χ1v) is 8.97. The number of fused-ring (bicyclic) bond motifs is 1. The molecule has 1 amide bonds. The highest BCUT2D eigenvalue weighted by atomic mass is 16.5. The van der Waals surface area contributed by atoms with Crippen LogP contribution < -0.4 is 0 Å². The maximum absolute atomic E-state index is 12.9. The Labute approximate surface area is 151 Å². The molecule has 4 rings (SSSR count). The van der Waals surface area contributed by atoms with Gasteiger partial charge in [0.15, 0.2) is 5.78 Å². The molecule has 1 aliphatic carbocycles. The summed E-state index contributed by atoms with van der Waals surface area (Å²) in [6, 6.07) is 1.52. The number of amides is 1. The first kappa shape index (κ1) is 17.0. The van der Waals surface area contributed by atoms with Crippen molar-refractivity contribution in [2.75, 3.05) is 19.8 Å². The summed E-state index contributed by atoms with van der Waals surface area (Å²) in [7, 11) is 1.89. The first-order valence-electron chi connectivity index (χ1n) is 8.97. The molecule has 138 valence electrons. The first-order chi connectivity index (χ1) is 12.5. The summed E-state index contributed by atoms with van der Waals surface area (Å²) < 4.78 is 7.67. The van der Waals surface area contributed by atoms with Gasteiger partial charge in [-0.15, -0.1) is 0 Å². The van der Waals surface area contributed by atoms with Crippen molar-refractivity contribution in [3.63, 3.8) is 0 Å². The van der Waals surface area contributed by atoms with Crippen LogP contribution in [0.15, 0.2) is 12.3 Å². The van der Waals surface area contributed by atoms with E-state index in [1.165, 1.54) is 25.8 Å². The van der Waals surface area contributed by atoms with E-state index in [4.69, 9.17) is 4.74 Å². The van der Waals surface area contributed by atoms with Gasteiger partial charge in [-0.3, -0.25) is 19.4 Å². The van der Waals surface area contributed by atoms with Gasteiger partial charge in [0.05, 0.1) is 12.3 Å². The number of nitrogens with one attached hydrogen (secondary N) is 1. The molecule has 1 N–H and O–H groups in total. The van der Waals surface area contributed by atoms with Crippen molar-refractivity contribution in [1.29, 1.82) is 0 Å². The minimum atomic E-state index is -0.167. The second-order valence-electron chi connectivity index (χ2n) is 7.30. The number of aromatic nitrogens is 4. The standard InChI is InChI=1S/C18H23N5O3/c1-11(24)15-5-16(20-19-15)18(25)23-7-13-6-22(2)21-17(13)14(8-23)10-26-9-12-3-4-12/h5-6,12,14H,3-4,7-10H2,1-2H3,(H,19,20). The average Bonchev–Trinajstić information content (AvgIpc) is 3.15. The van der Waals surface area contributed by atoms with Gasteiger partial charge in [0.25, 0.3) is 5.91 Å². The molecule has 1 unspecified atom stereocenters. The lowest BCUT2D eigenvalue weighted by atomic mass is 9.97. The number of Topliss-reactive ketones (excluding diaryl/α,β-unsaturated/α-hetero) is 1. The summed E-state index contributed by atoms with van der Waals surface area (Å²) in [6.07, 6.45) is 4.46. The molecule has 2 aliphatic rings. The summed E-state index contributed by atoms with van der Waals surface area (Å²) in [5.74, 6) is 0.430. The minimum Gasteiger partial charge on any atom is -0.380 e. The van der Waals surface area contributed by atoms with E-state index < -0.39 is 0 Å². The van der Waals surface area contributed by atoms with E-state index in [0.717, 1.165) is 17.9 Å². The molecule has 0 spiro atoms. The van der Waals surface area contributed by atoms with E-state index in [1.54, 1.807) is 9.58 Å². The normalized spacial score (nSPS) is 19.5. The number of hydrogen-bond donors (Lipinski definition) is 1. The Morgan fingerprint density at radius 1 is 1.35 bits per heavy atom. The molecular formula is C18H23N5O3. The quantitative estimate of drug-likeness (QED) is 0.791. The van der Waals surface area contributed by atoms with E-state index >= 15 is 0 Å². The van der Waals surface area contributed by atoms with Gasteiger partial charge in [0.2, 0.25) is 0 Å². The molecule has 26 heavy (non-hydrogen) atoms. The van der Waals surface area contributed by atoms with Crippen molar-refractivity contribution in [2.45, 2.75) is 32.2 Å². The number of carbonyl (C=O) groups is 2. The van der Waals surface area contributed by atoms with Gasteiger partial charge in [-0.25, -0.2) is 0 Å². The van der Waals surface area contributed by atoms with Gasteiger partial charge in [-0.2, -0.15) is 10.2 Å². The molecule has 0 aromatic carbocycles. The van der Waals surface area contributed by atoms with Crippen LogP contribution in [0.4, 0.5) is 0 Å². The Bertz CT molecular complexity index is 836. The third kappa shape index (κ3) is 3.41. The van der Waals surface area contributed by atoms with Crippen LogP contribution in [0.2, 0.25) is 0 Å². The van der Waals surface area contributed by atoms with Crippen LogP contribution in [0.5, 0.6) is 0 Å². The SMILES string of the molecule is CC(=O)c1cc(C(=O)N2Cc3cn(C)nc3C(COCC3CC3)C2)[nH]n1. The van der Waals surface area contributed by atoms with E-state index in [9.17, 15) is 9.59 Å². The van der Waals surface area contributed by atoms with Crippen LogP contribution in [-0.4, -0.2) is 56.3 Å². The molecular weight excluding hydrogens is 334 g/mol. The number of nitrogens with zero attached hydrogens (tertiary/aromatic N) is 4. The van der Waals surface area contributed by atoms with E-state index in [0.29, 0.717) is 31.3 Å². The zero-order valence-electron chi connectivity index (χ0n) is 15.1. The van der Waals surface area contributed by atoms with Crippen molar-refractivity contribution >= 4 is 11.7 Å². The fourth-order valence-corrected chi connectivity index (χ4v) is 3.37. The van der Waals surface area contributed by atoms with Gasteiger partial charge in [-0.1, -0.05) is 0 Å². The predicted molar refractivity (Wildman–Crippen MR) is 92.8 cm³/mol.